The highest BCUT2D eigenvalue weighted by Crippen LogP contribution is 2.33. The summed E-state index contributed by atoms with van der Waals surface area (Å²) in [7, 11) is 3.40. The monoisotopic (exact) mass is 322 g/mol. The Morgan fingerprint density at radius 1 is 1.08 bits per heavy atom. The smallest absolute Gasteiger partial charge is 0.163 e. The van der Waals surface area contributed by atoms with E-state index in [2.05, 4.69) is 10.3 Å². The Labute approximate surface area is 140 Å². The number of ether oxygens (including phenoxy) is 2. The first-order valence-electron chi connectivity index (χ1n) is 7.55. The number of pyridine rings is 1. The average Bonchev–Trinajstić information content (AvgIpc) is 2.61. The Kier molecular flexibility index (Phi) is 4.33. The summed E-state index contributed by atoms with van der Waals surface area (Å²) in [6, 6.07) is 12.9. The zero-order valence-electron chi connectivity index (χ0n) is 13.8. The van der Waals surface area contributed by atoms with Crippen LogP contribution in [-0.4, -0.2) is 24.9 Å². The molecule has 5 heteroatoms. The number of methoxy groups -OCH3 is 1. The van der Waals surface area contributed by atoms with Gasteiger partial charge in [-0.25, -0.2) is 0 Å². The molecule has 3 rings (SSSR count). The third kappa shape index (κ3) is 3.01. The van der Waals surface area contributed by atoms with Crippen LogP contribution >= 0.6 is 0 Å². The van der Waals surface area contributed by atoms with Gasteiger partial charge < -0.3 is 14.8 Å². The van der Waals surface area contributed by atoms with Crippen LogP contribution in [0.1, 0.15) is 17.3 Å². The van der Waals surface area contributed by atoms with Crippen molar-refractivity contribution in [1.29, 1.82) is 0 Å². The number of carbonyl (C=O) groups excluding carboxylic acids is 1. The maximum atomic E-state index is 11.9. The predicted octanol–water partition coefficient (Wildman–Crippen LogP) is 4.28. The van der Waals surface area contributed by atoms with Gasteiger partial charge in [-0.05, 0) is 43.3 Å². The first-order chi connectivity index (χ1) is 11.6. The van der Waals surface area contributed by atoms with Crippen LogP contribution in [-0.2, 0) is 0 Å². The molecule has 0 radical (unpaired) electrons. The molecule has 2 aromatic carbocycles. The van der Waals surface area contributed by atoms with Crippen LogP contribution in [0.5, 0.6) is 17.2 Å². The average molecular weight is 322 g/mol. The molecule has 1 aromatic heterocycles. The maximum absolute atomic E-state index is 11.9. The fourth-order valence-corrected chi connectivity index (χ4v) is 2.50. The number of carbonyl (C=O) groups is 1. The first-order valence-corrected chi connectivity index (χ1v) is 7.55. The van der Waals surface area contributed by atoms with Crippen LogP contribution in [0.2, 0.25) is 0 Å². The van der Waals surface area contributed by atoms with E-state index < -0.39 is 0 Å². The van der Waals surface area contributed by atoms with Crippen molar-refractivity contribution >= 4 is 22.4 Å². The third-order valence-electron chi connectivity index (χ3n) is 3.77. The van der Waals surface area contributed by atoms with E-state index in [1.165, 1.54) is 14.0 Å². The lowest BCUT2D eigenvalue weighted by molar-refractivity contribution is 0.101. The summed E-state index contributed by atoms with van der Waals surface area (Å²) in [4.78, 5) is 16.2. The fourth-order valence-electron chi connectivity index (χ4n) is 2.50. The predicted molar refractivity (Wildman–Crippen MR) is 94.4 cm³/mol. The third-order valence-corrected chi connectivity index (χ3v) is 3.77. The van der Waals surface area contributed by atoms with Crippen molar-refractivity contribution in [3.63, 3.8) is 0 Å². The number of anilines is 1. The SMILES string of the molecule is CNc1ccc(Oc2ccnc3cc(OC)c(C(C)=O)cc23)cc1. The minimum Gasteiger partial charge on any atom is -0.496 e. The lowest BCUT2D eigenvalue weighted by Crippen LogP contribution is -1.99. The summed E-state index contributed by atoms with van der Waals surface area (Å²) in [5, 5.41) is 3.83. The molecule has 0 aliphatic rings. The highest BCUT2D eigenvalue weighted by atomic mass is 16.5. The van der Waals surface area contributed by atoms with E-state index in [0.29, 0.717) is 28.3 Å². The molecule has 0 atom stereocenters. The number of nitrogens with one attached hydrogen (secondary N) is 1. The quantitative estimate of drug-likeness (QED) is 0.710. The van der Waals surface area contributed by atoms with E-state index in [9.17, 15) is 4.79 Å². The molecule has 24 heavy (non-hydrogen) atoms. The van der Waals surface area contributed by atoms with Crippen molar-refractivity contribution in [1.82, 2.24) is 4.98 Å². The van der Waals surface area contributed by atoms with E-state index >= 15 is 0 Å². The van der Waals surface area contributed by atoms with Gasteiger partial charge in [-0.3, -0.25) is 9.78 Å². The molecule has 1 heterocycles. The number of aromatic nitrogens is 1. The van der Waals surface area contributed by atoms with Gasteiger partial charge in [0.25, 0.3) is 0 Å². The Bertz CT molecular complexity index is 889. The zero-order chi connectivity index (χ0) is 17.1. The van der Waals surface area contributed by atoms with Gasteiger partial charge in [0.2, 0.25) is 0 Å². The van der Waals surface area contributed by atoms with Gasteiger partial charge in [0, 0.05) is 30.4 Å². The van der Waals surface area contributed by atoms with Crippen LogP contribution in [0.4, 0.5) is 5.69 Å². The molecule has 0 spiro atoms. The molecule has 5 nitrogen and oxygen atoms in total. The molecule has 0 aliphatic carbocycles. The molecule has 0 fully saturated rings. The molecular formula is C19H18N2O3. The second-order valence-corrected chi connectivity index (χ2v) is 5.31. The van der Waals surface area contributed by atoms with Gasteiger partial charge in [-0.15, -0.1) is 0 Å². The van der Waals surface area contributed by atoms with Gasteiger partial charge in [-0.2, -0.15) is 0 Å². The Morgan fingerprint density at radius 3 is 2.46 bits per heavy atom. The van der Waals surface area contributed by atoms with Gasteiger partial charge in [-0.1, -0.05) is 0 Å². The normalized spacial score (nSPS) is 10.5. The molecule has 0 amide bonds. The summed E-state index contributed by atoms with van der Waals surface area (Å²) in [6.45, 7) is 1.51. The maximum Gasteiger partial charge on any atom is 0.163 e. The van der Waals surface area contributed by atoms with Gasteiger partial charge in [0.15, 0.2) is 5.78 Å². The minimum atomic E-state index is -0.0677. The van der Waals surface area contributed by atoms with Crippen molar-refractivity contribution in [3.8, 4) is 17.2 Å². The zero-order valence-corrected chi connectivity index (χ0v) is 13.8. The highest BCUT2D eigenvalue weighted by molar-refractivity contribution is 6.02. The second-order valence-electron chi connectivity index (χ2n) is 5.31. The number of Topliss-reactive ketones (excluding diaryl/α,β-unsaturated/α-hetero) is 1. The van der Waals surface area contributed by atoms with E-state index in [-0.39, 0.29) is 5.78 Å². The van der Waals surface area contributed by atoms with Crippen molar-refractivity contribution in [2.24, 2.45) is 0 Å². The molecular weight excluding hydrogens is 304 g/mol. The number of benzene rings is 2. The van der Waals surface area contributed by atoms with Crippen LogP contribution in [0.25, 0.3) is 10.9 Å². The van der Waals surface area contributed by atoms with Crippen LogP contribution < -0.4 is 14.8 Å². The summed E-state index contributed by atoms with van der Waals surface area (Å²) in [6.07, 6.45) is 1.67. The summed E-state index contributed by atoms with van der Waals surface area (Å²) in [5.74, 6) is 1.80. The van der Waals surface area contributed by atoms with Crippen molar-refractivity contribution in [3.05, 3.63) is 54.2 Å². The summed E-state index contributed by atoms with van der Waals surface area (Å²) >= 11 is 0. The van der Waals surface area contributed by atoms with Gasteiger partial charge in [0.1, 0.15) is 17.2 Å². The molecule has 0 aliphatic heterocycles. The van der Waals surface area contributed by atoms with Crippen LogP contribution in [0.15, 0.2) is 48.7 Å². The fraction of sp³-hybridized carbons (Fsp3) is 0.158. The van der Waals surface area contributed by atoms with E-state index in [4.69, 9.17) is 9.47 Å². The summed E-state index contributed by atoms with van der Waals surface area (Å²) < 4.78 is 11.3. The van der Waals surface area contributed by atoms with Crippen molar-refractivity contribution in [2.75, 3.05) is 19.5 Å². The number of nitrogens with zero attached hydrogens (tertiary/aromatic N) is 1. The molecule has 0 saturated heterocycles. The van der Waals surface area contributed by atoms with E-state index in [1.54, 1.807) is 24.4 Å². The minimum absolute atomic E-state index is 0.0677. The number of hydrogen-bond donors (Lipinski definition) is 1. The lowest BCUT2D eigenvalue weighted by atomic mass is 10.1. The molecule has 0 unspecified atom stereocenters. The second kappa shape index (κ2) is 6.58. The van der Waals surface area contributed by atoms with Gasteiger partial charge in [0.05, 0.1) is 18.2 Å². The number of fused-ring (bicyclic) bond motifs is 1. The Balaban J connectivity index is 2.06. The Morgan fingerprint density at radius 2 is 1.83 bits per heavy atom. The topological polar surface area (TPSA) is 60.4 Å². The molecule has 122 valence electrons. The molecule has 0 bridgehead atoms. The molecule has 3 aromatic rings. The molecule has 1 N–H and O–H groups in total. The van der Waals surface area contributed by atoms with E-state index in [0.717, 1.165) is 11.1 Å². The van der Waals surface area contributed by atoms with Crippen LogP contribution in [0.3, 0.4) is 0 Å². The van der Waals surface area contributed by atoms with Crippen molar-refractivity contribution in [2.45, 2.75) is 6.92 Å². The van der Waals surface area contributed by atoms with Crippen LogP contribution in [0, 0.1) is 0 Å². The largest absolute Gasteiger partial charge is 0.496 e. The van der Waals surface area contributed by atoms with E-state index in [1.807, 2.05) is 31.3 Å². The van der Waals surface area contributed by atoms with Crippen molar-refractivity contribution < 1.29 is 14.3 Å². The van der Waals surface area contributed by atoms with Gasteiger partial charge >= 0.3 is 0 Å². The Hall–Kier alpha value is -3.08. The highest BCUT2D eigenvalue weighted by Gasteiger charge is 2.13. The lowest BCUT2D eigenvalue weighted by Gasteiger charge is -2.12. The summed E-state index contributed by atoms with van der Waals surface area (Å²) in [5.41, 5.74) is 2.22. The first kappa shape index (κ1) is 15.8. The number of hydrogen-bond acceptors (Lipinski definition) is 5. The number of ketones is 1. The standard InChI is InChI=1S/C19H18N2O3/c1-12(22)15-10-16-17(11-19(15)23-3)21-9-8-18(16)24-14-6-4-13(20-2)5-7-14/h4-11,20H,1-3H3. The number of rotatable bonds is 5. The molecule has 0 saturated carbocycles.